The zero-order chi connectivity index (χ0) is 16.7. The second kappa shape index (κ2) is 8.33. The van der Waals surface area contributed by atoms with Crippen molar-refractivity contribution >= 4 is 6.03 Å². The molecule has 0 saturated heterocycles. The molecule has 0 spiro atoms. The Morgan fingerprint density at radius 3 is 2.91 bits per heavy atom. The molecular weight excluding hydrogens is 292 g/mol. The highest BCUT2D eigenvalue weighted by molar-refractivity contribution is 5.73. The predicted molar refractivity (Wildman–Crippen MR) is 88.9 cm³/mol. The molecule has 1 heterocycles. The molecule has 23 heavy (non-hydrogen) atoms. The van der Waals surface area contributed by atoms with Crippen LogP contribution in [0.2, 0.25) is 0 Å². The number of carbonyl (C=O) groups is 1. The number of urea groups is 1. The number of aliphatic hydroxyl groups is 1. The Morgan fingerprint density at radius 1 is 1.43 bits per heavy atom. The zero-order valence-corrected chi connectivity index (χ0v) is 13.6. The van der Waals surface area contributed by atoms with Crippen LogP contribution >= 0.6 is 0 Å². The number of hydrogen-bond acceptors (Lipinski definition) is 3. The van der Waals surface area contributed by atoms with Gasteiger partial charge in [0.25, 0.3) is 0 Å². The first-order chi connectivity index (χ1) is 11.0. The summed E-state index contributed by atoms with van der Waals surface area (Å²) >= 11 is 0. The minimum atomic E-state index is -0.398. The molecule has 0 radical (unpaired) electrons. The maximum absolute atomic E-state index is 12.0. The molecule has 1 aromatic carbocycles. The molecular formula is C17H24N4O2. The first kappa shape index (κ1) is 17.0. The van der Waals surface area contributed by atoms with E-state index in [-0.39, 0.29) is 6.03 Å². The van der Waals surface area contributed by atoms with Crippen LogP contribution in [0.25, 0.3) is 0 Å². The number of nitrogens with one attached hydrogen (secondary N) is 1. The van der Waals surface area contributed by atoms with Gasteiger partial charge in [0.05, 0.1) is 12.4 Å². The van der Waals surface area contributed by atoms with Crippen LogP contribution in [0.3, 0.4) is 0 Å². The number of amides is 2. The van der Waals surface area contributed by atoms with E-state index in [1.54, 1.807) is 31.4 Å². The van der Waals surface area contributed by atoms with E-state index in [2.05, 4.69) is 22.4 Å². The first-order valence-electron chi connectivity index (χ1n) is 7.75. The van der Waals surface area contributed by atoms with E-state index in [9.17, 15) is 9.90 Å². The van der Waals surface area contributed by atoms with Gasteiger partial charge >= 0.3 is 6.03 Å². The monoisotopic (exact) mass is 316 g/mol. The molecule has 0 aliphatic rings. The predicted octanol–water partition coefficient (Wildman–Crippen LogP) is 1.84. The number of imidazole rings is 1. The largest absolute Gasteiger partial charge is 0.393 e. The van der Waals surface area contributed by atoms with Gasteiger partial charge in [-0.1, -0.05) is 24.3 Å². The van der Waals surface area contributed by atoms with Gasteiger partial charge in [0, 0.05) is 39.1 Å². The van der Waals surface area contributed by atoms with Crippen molar-refractivity contribution in [1.29, 1.82) is 0 Å². The molecule has 0 saturated carbocycles. The Morgan fingerprint density at radius 2 is 2.22 bits per heavy atom. The van der Waals surface area contributed by atoms with Gasteiger partial charge in [-0.3, -0.25) is 0 Å². The van der Waals surface area contributed by atoms with Crippen LogP contribution in [0.15, 0.2) is 43.0 Å². The number of aliphatic hydroxyl groups excluding tert-OH is 1. The van der Waals surface area contributed by atoms with Crippen LogP contribution in [-0.2, 0) is 13.1 Å². The average molecular weight is 316 g/mol. The fourth-order valence-electron chi connectivity index (χ4n) is 2.22. The van der Waals surface area contributed by atoms with Crippen molar-refractivity contribution in [1.82, 2.24) is 19.8 Å². The second-order valence-corrected chi connectivity index (χ2v) is 5.77. The van der Waals surface area contributed by atoms with Gasteiger partial charge in [0.1, 0.15) is 0 Å². The lowest BCUT2D eigenvalue weighted by atomic mass is 10.1. The van der Waals surface area contributed by atoms with Crippen molar-refractivity contribution in [3.8, 4) is 0 Å². The fourth-order valence-corrected chi connectivity index (χ4v) is 2.22. The van der Waals surface area contributed by atoms with Crippen molar-refractivity contribution in [3.05, 3.63) is 54.1 Å². The van der Waals surface area contributed by atoms with E-state index in [0.717, 1.165) is 17.7 Å². The first-order valence-corrected chi connectivity index (χ1v) is 7.75. The third-order valence-electron chi connectivity index (χ3n) is 3.59. The molecule has 6 heteroatoms. The Labute approximate surface area is 136 Å². The summed E-state index contributed by atoms with van der Waals surface area (Å²) in [5, 5.41) is 12.2. The average Bonchev–Trinajstić information content (AvgIpc) is 3.03. The molecule has 124 valence electrons. The number of rotatable bonds is 7. The second-order valence-electron chi connectivity index (χ2n) is 5.77. The molecule has 0 aliphatic carbocycles. The summed E-state index contributed by atoms with van der Waals surface area (Å²) in [6, 6.07) is 7.99. The van der Waals surface area contributed by atoms with Crippen molar-refractivity contribution in [3.63, 3.8) is 0 Å². The van der Waals surface area contributed by atoms with Gasteiger partial charge in [-0.25, -0.2) is 9.78 Å². The molecule has 2 aromatic rings. The lowest BCUT2D eigenvalue weighted by Gasteiger charge is -2.18. The van der Waals surface area contributed by atoms with Crippen LogP contribution < -0.4 is 5.32 Å². The Balaban J connectivity index is 1.84. The van der Waals surface area contributed by atoms with E-state index in [1.807, 2.05) is 22.9 Å². The summed E-state index contributed by atoms with van der Waals surface area (Å²) < 4.78 is 2.00. The Kier molecular flexibility index (Phi) is 6.17. The molecule has 1 atom stereocenters. The highest BCUT2D eigenvalue weighted by Gasteiger charge is 2.09. The van der Waals surface area contributed by atoms with Crippen LogP contribution in [0, 0.1) is 0 Å². The summed E-state index contributed by atoms with van der Waals surface area (Å²) in [5.74, 6) is 0. The van der Waals surface area contributed by atoms with Gasteiger partial charge in [0.2, 0.25) is 0 Å². The number of nitrogens with zero attached hydrogens (tertiary/aromatic N) is 3. The lowest BCUT2D eigenvalue weighted by Crippen LogP contribution is -2.38. The topological polar surface area (TPSA) is 70.4 Å². The Hall–Kier alpha value is -2.34. The third kappa shape index (κ3) is 5.75. The SMILES string of the molecule is CC(O)CCN(C)C(=O)NCc1cccc(Cn2ccnc2)c1. The summed E-state index contributed by atoms with van der Waals surface area (Å²) in [4.78, 5) is 17.6. The van der Waals surface area contributed by atoms with Crippen LogP contribution in [-0.4, -0.2) is 45.3 Å². The van der Waals surface area contributed by atoms with Crippen molar-refractivity contribution < 1.29 is 9.90 Å². The number of aromatic nitrogens is 2. The minimum Gasteiger partial charge on any atom is -0.393 e. The van der Waals surface area contributed by atoms with Gasteiger partial charge in [0.15, 0.2) is 0 Å². The molecule has 2 N–H and O–H groups in total. The summed E-state index contributed by atoms with van der Waals surface area (Å²) in [6.07, 6.45) is 5.64. The van der Waals surface area contributed by atoms with E-state index < -0.39 is 6.10 Å². The lowest BCUT2D eigenvalue weighted by molar-refractivity contribution is 0.163. The summed E-state index contributed by atoms with van der Waals surface area (Å²) in [6.45, 7) is 3.49. The fraction of sp³-hybridized carbons (Fsp3) is 0.412. The number of carbonyl (C=O) groups excluding carboxylic acids is 1. The van der Waals surface area contributed by atoms with Crippen LogP contribution in [0.1, 0.15) is 24.5 Å². The molecule has 2 rings (SSSR count). The van der Waals surface area contributed by atoms with Gasteiger partial charge in [-0.15, -0.1) is 0 Å². The zero-order valence-electron chi connectivity index (χ0n) is 13.6. The molecule has 6 nitrogen and oxygen atoms in total. The number of hydrogen-bond donors (Lipinski definition) is 2. The maximum atomic E-state index is 12.0. The van der Waals surface area contributed by atoms with Crippen LogP contribution in [0.4, 0.5) is 4.79 Å². The van der Waals surface area contributed by atoms with Gasteiger partial charge in [-0.2, -0.15) is 0 Å². The molecule has 0 bridgehead atoms. The third-order valence-corrected chi connectivity index (χ3v) is 3.59. The van der Waals surface area contributed by atoms with E-state index >= 15 is 0 Å². The maximum Gasteiger partial charge on any atom is 0.317 e. The van der Waals surface area contributed by atoms with Crippen molar-refractivity contribution in [2.45, 2.75) is 32.5 Å². The van der Waals surface area contributed by atoms with E-state index in [0.29, 0.717) is 19.5 Å². The van der Waals surface area contributed by atoms with Gasteiger partial charge in [-0.05, 0) is 24.5 Å². The van der Waals surface area contributed by atoms with Crippen molar-refractivity contribution in [2.75, 3.05) is 13.6 Å². The molecule has 0 fully saturated rings. The molecule has 2 amide bonds. The summed E-state index contributed by atoms with van der Waals surface area (Å²) in [5.41, 5.74) is 2.22. The Bertz CT molecular complexity index is 611. The highest BCUT2D eigenvalue weighted by atomic mass is 16.3. The highest BCUT2D eigenvalue weighted by Crippen LogP contribution is 2.07. The van der Waals surface area contributed by atoms with Crippen LogP contribution in [0.5, 0.6) is 0 Å². The normalized spacial score (nSPS) is 12.0. The van der Waals surface area contributed by atoms with E-state index in [4.69, 9.17) is 0 Å². The minimum absolute atomic E-state index is 0.134. The molecule has 1 aromatic heterocycles. The standard InChI is InChI=1S/C17H24N4O2/c1-14(22)6-8-20(2)17(23)19-11-15-4-3-5-16(10-15)12-21-9-7-18-13-21/h3-5,7,9-10,13-14,22H,6,8,11-12H2,1-2H3,(H,19,23). The quantitative estimate of drug-likeness (QED) is 0.819. The molecule has 0 aliphatic heterocycles. The van der Waals surface area contributed by atoms with Crippen molar-refractivity contribution in [2.24, 2.45) is 0 Å². The van der Waals surface area contributed by atoms with E-state index in [1.165, 1.54) is 0 Å². The van der Waals surface area contributed by atoms with Gasteiger partial charge < -0.3 is 19.9 Å². The molecule has 1 unspecified atom stereocenters. The summed E-state index contributed by atoms with van der Waals surface area (Å²) in [7, 11) is 1.73. The number of benzene rings is 1. The smallest absolute Gasteiger partial charge is 0.317 e.